The van der Waals surface area contributed by atoms with E-state index in [1.54, 1.807) is 0 Å². The third-order valence-corrected chi connectivity index (χ3v) is 2.86. The van der Waals surface area contributed by atoms with E-state index in [0.717, 1.165) is 31.7 Å². The average molecular weight is 192 g/mol. The number of nitrogens with two attached hydrogens (primary N) is 1. The van der Waals surface area contributed by atoms with E-state index in [4.69, 9.17) is 10.5 Å². The SMILES string of the molecule is Cc1cc(C2(N)CCOCC2)ccn1. The molecule has 0 atom stereocenters. The first-order valence-electron chi connectivity index (χ1n) is 5.00. The minimum absolute atomic E-state index is 0.202. The summed E-state index contributed by atoms with van der Waals surface area (Å²) >= 11 is 0. The fourth-order valence-electron chi connectivity index (χ4n) is 1.88. The van der Waals surface area contributed by atoms with E-state index in [0.29, 0.717) is 0 Å². The maximum atomic E-state index is 6.34. The molecule has 1 aliphatic heterocycles. The molecule has 0 bridgehead atoms. The van der Waals surface area contributed by atoms with Gasteiger partial charge in [0.15, 0.2) is 0 Å². The predicted octanol–water partition coefficient (Wildman–Crippen LogP) is 1.35. The normalized spacial score (nSPS) is 20.7. The predicted molar refractivity (Wildman–Crippen MR) is 54.9 cm³/mol. The van der Waals surface area contributed by atoms with E-state index in [2.05, 4.69) is 11.1 Å². The molecule has 1 saturated heterocycles. The van der Waals surface area contributed by atoms with E-state index < -0.39 is 0 Å². The largest absolute Gasteiger partial charge is 0.381 e. The van der Waals surface area contributed by atoms with E-state index in [1.165, 1.54) is 5.56 Å². The van der Waals surface area contributed by atoms with Crippen molar-refractivity contribution < 1.29 is 4.74 Å². The molecule has 2 rings (SSSR count). The van der Waals surface area contributed by atoms with E-state index in [9.17, 15) is 0 Å². The van der Waals surface area contributed by atoms with E-state index >= 15 is 0 Å². The lowest BCUT2D eigenvalue weighted by Gasteiger charge is -2.33. The van der Waals surface area contributed by atoms with Crippen LogP contribution in [0, 0.1) is 6.92 Å². The summed E-state index contributed by atoms with van der Waals surface area (Å²) < 4.78 is 5.32. The standard InChI is InChI=1S/C11H16N2O/c1-9-8-10(2-5-13-9)11(12)3-6-14-7-4-11/h2,5,8H,3-4,6-7,12H2,1H3. The van der Waals surface area contributed by atoms with Crippen LogP contribution in [0.25, 0.3) is 0 Å². The quantitative estimate of drug-likeness (QED) is 0.730. The van der Waals surface area contributed by atoms with Gasteiger partial charge in [-0.2, -0.15) is 0 Å². The second kappa shape index (κ2) is 3.67. The highest BCUT2D eigenvalue weighted by molar-refractivity contribution is 5.24. The van der Waals surface area contributed by atoms with E-state index in [1.807, 2.05) is 19.2 Å². The summed E-state index contributed by atoms with van der Waals surface area (Å²) in [7, 11) is 0. The molecule has 0 saturated carbocycles. The number of rotatable bonds is 1. The van der Waals surface area contributed by atoms with Crippen molar-refractivity contribution in [3.63, 3.8) is 0 Å². The zero-order chi connectivity index (χ0) is 10.0. The van der Waals surface area contributed by atoms with Crippen LogP contribution in [0.2, 0.25) is 0 Å². The van der Waals surface area contributed by atoms with Crippen LogP contribution >= 0.6 is 0 Å². The Bertz CT molecular complexity index is 319. The van der Waals surface area contributed by atoms with Crippen LogP contribution < -0.4 is 5.73 Å². The first-order valence-corrected chi connectivity index (χ1v) is 5.00. The molecule has 0 aliphatic carbocycles. The lowest BCUT2D eigenvalue weighted by molar-refractivity contribution is 0.0522. The lowest BCUT2D eigenvalue weighted by atomic mass is 9.84. The van der Waals surface area contributed by atoms with Gasteiger partial charge in [-0.1, -0.05) is 0 Å². The summed E-state index contributed by atoms with van der Waals surface area (Å²) in [6, 6.07) is 4.09. The molecular weight excluding hydrogens is 176 g/mol. The fraction of sp³-hybridized carbons (Fsp3) is 0.545. The number of hydrogen-bond acceptors (Lipinski definition) is 3. The van der Waals surface area contributed by atoms with Crippen molar-refractivity contribution >= 4 is 0 Å². The van der Waals surface area contributed by atoms with Gasteiger partial charge in [0.2, 0.25) is 0 Å². The summed E-state index contributed by atoms with van der Waals surface area (Å²) in [5.41, 5.74) is 8.35. The smallest absolute Gasteiger partial charge is 0.0486 e. The highest BCUT2D eigenvalue weighted by Crippen LogP contribution is 2.29. The van der Waals surface area contributed by atoms with Crippen LogP contribution in [0.4, 0.5) is 0 Å². The molecule has 1 fully saturated rings. The maximum Gasteiger partial charge on any atom is 0.0486 e. The third kappa shape index (κ3) is 1.79. The van der Waals surface area contributed by atoms with Crippen molar-refractivity contribution in [2.24, 2.45) is 5.73 Å². The molecule has 1 aromatic heterocycles. The van der Waals surface area contributed by atoms with Crippen LogP contribution in [0.3, 0.4) is 0 Å². The van der Waals surface area contributed by atoms with Gasteiger partial charge in [-0.3, -0.25) is 4.98 Å². The Kier molecular flexibility index (Phi) is 2.52. The zero-order valence-corrected chi connectivity index (χ0v) is 8.49. The molecule has 3 nitrogen and oxygen atoms in total. The highest BCUT2D eigenvalue weighted by Gasteiger charge is 2.29. The number of ether oxygens (including phenoxy) is 1. The lowest BCUT2D eigenvalue weighted by Crippen LogP contribution is -2.42. The van der Waals surface area contributed by atoms with Gasteiger partial charge in [0.1, 0.15) is 0 Å². The van der Waals surface area contributed by atoms with Crippen LogP contribution in [0.15, 0.2) is 18.3 Å². The van der Waals surface area contributed by atoms with E-state index in [-0.39, 0.29) is 5.54 Å². The average Bonchev–Trinajstić information content (AvgIpc) is 2.19. The van der Waals surface area contributed by atoms with Crippen molar-refractivity contribution in [3.05, 3.63) is 29.6 Å². The molecule has 14 heavy (non-hydrogen) atoms. The van der Waals surface area contributed by atoms with Gasteiger partial charge in [0, 0.05) is 30.6 Å². The summed E-state index contributed by atoms with van der Waals surface area (Å²) in [4.78, 5) is 4.18. The van der Waals surface area contributed by atoms with Gasteiger partial charge in [0.25, 0.3) is 0 Å². The molecule has 0 aromatic carbocycles. The summed E-state index contributed by atoms with van der Waals surface area (Å²) in [6.07, 6.45) is 3.63. The molecule has 0 radical (unpaired) electrons. The molecule has 2 N–H and O–H groups in total. The van der Waals surface area contributed by atoms with Crippen molar-refractivity contribution in [2.45, 2.75) is 25.3 Å². The second-order valence-electron chi connectivity index (χ2n) is 3.95. The molecule has 0 amide bonds. The van der Waals surface area contributed by atoms with Crippen LogP contribution in [-0.4, -0.2) is 18.2 Å². The number of nitrogens with zero attached hydrogens (tertiary/aromatic N) is 1. The molecule has 3 heteroatoms. The summed E-state index contributed by atoms with van der Waals surface area (Å²) in [6.45, 7) is 3.52. The Morgan fingerprint density at radius 3 is 2.79 bits per heavy atom. The molecule has 1 aromatic rings. The van der Waals surface area contributed by atoms with Crippen LogP contribution in [-0.2, 0) is 10.3 Å². The van der Waals surface area contributed by atoms with Crippen LogP contribution in [0.5, 0.6) is 0 Å². The van der Waals surface area contributed by atoms with Crippen molar-refractivity contribution in [1.29, 1.82) is 0 Å². The van der Waals surface area contributed by atoms with Gasteiger partial charge in [-0.25, -0.2) is 0 Å². The number of hydrogen-bond donors (Lipinski definition) is 1. The van der Waals surface area contributed by atoms with Gasteiger partial charge < -0.3 is 10.5 Å². The Morgan fingerprint density at radius 2 is 2.14 bits per heavy atom. The topological polar surface area (TPSA) is 48.1 Å². The second-order valence-corrected chi connectivity index (χ2v) is 3.95. The Morgan fingerprint density at radius 1 is 1.43 bits per heavy atom. The molecule has 0 unspecified atom stereocenters. The molecular formula is C11H16N2O. The van der Waals surface area contributed by atoms with Crippen molar-refractivity contribution in [1.82, 2.24) is 4.98 Å². The fourth-order valence-corrected chi connectivity index (χ4v) is 1.88. The minimum atomic E-state index is -0.202. The number of pyridine rings is 1. The number of aryl methyl sites for hydroxylation is 1. The summed E-state index contributed by atoms with van der Waals surface area (Å²) in [5.74, 6) is 0. The molecule has 1 aliphatic rings. The Balaban J connectivity index is 2.28. The molecule has 2 heterocycles. The zero-order valence-electron chi connectivity index (χ0n) is 8.49. The van der Waals surface area contributed by atoms with Crippen LogP contribution in [0.1, 0.15) is 24.1 Å². The summed E-state index contributed by atoms with van der Waals surface area (Å²) in [5, 5.41) is 0. The van der Waals surface area contributed by atoms with Gasteiger partial charge >= 0.3 is 0 Å². The van der Waals surface area contributed by atoms with Gasteiger partial charge in [-0.05, 0) is 37.5 Å². The van der Waals surface area contributed by atoms with Gasteiger partial charge in [-0.15, -0.1) is 0 Å². The molecule has 0 spiro atoms. The Labute approximate surface area is 84.3 Å². The Hall–Kier alpha value is -0.930. The first kappa shape index (κ1) is 9.62. The van der Waals surface area contributed by atoms with Gasteiger partial charge in [0.05, 0.1) is 0 Å². The highest BCUT2D eigenvalue weighted by atomic mass is 16.5. The monoisotopic (exact) mass is 192 g/mol. The van der Waals surface area contributed by atoms with Crippen molar-refractivity contribution in [2.75, 3.05) is 13.2 Å². The third-order valence-electron chi connectivity index (χ3n) is 2.86. The minimum Gasteiger partial charge on any atom is -0.381 e. The number of aromatic nitrogens is 1. The maximum absolute atomic E-state index is 6.34. The first-order chi connectivity index (χ1) is 6.71. The molecule has 76 valence electrons. The van der Waals surface area contributed by atoms with Crippen molar-refractivity contribution in [3.8, 4) is 0 Å².